The fourth-order valence-corrected chi connectivity index (χ4v) is 3.83. The number of aryl methyl sites for hydroxylation is 1. The first-order valence-corrected chi connectivity index (χ1v) is 10.4. The summed E-state index contributed by atoms with van der Waals surface area (Å²) >= 11 is 0. The molecule has 1 aliphatic rings. The summed E-state index contributed by atoms with van der Waals surface area (Å²) < 4.78 is 29.4. The second kappa shape index (κ2) is 8.93. The molecular formula is C23H25F2N5O. The number of carbonyl (C=O) groups excluding carboxylic acids is 1. The molecule has 1 amide bonds. The van der Waals surface area contributed by atoms with E-state index in [0.29, 0.717) is 12.4 Å². The normalized spacial score (nSPS) is 15.2. The van der Waals surface area contributed by atoms with E-state index in [-0.39, 0.29) is 5.56 Å². The zero-order valence-electron chi connectivity index (χ0n) is 17.6. The minimum absolute atomic E-state index is 0.327. The van der Waals surface area contributed by atoms with Crippen LogP contribution in [-0.2, 0) is 19.5 Å². The molecule has 8 heteroatoms. The van der Waals surface area contributed by atoms with Crippen LogP contribution in [0.4, 0.5) is 8.78 Å². The first-order chi connectivity index (χ1) is 14.9. The SMILES string of the molecule is Cc1ccc(CN2CCc3nnc([C@@H](C)NC(=O)c4cc(F)ccc4F)n3CC2)cc1. The molecule has 1 atom stereocenters. The number of carbonyl (C=O) groups is 1. The number of rotatable bonds is 5. The molecule has 4 rings (SSSR count). The fourth-order valence-electron chi connectivity index (χ4n) is 3.83. The zero-order chi connectivity index (χ0) is 22.0. The van der Waals surface area contributed by atoms with Gasteiger partial charge in [0.1, 0.15) is 17.5 Å². The van der Waals surface area contributed by atoms with E-state index in [1.807, 2.05) is 4.57 Å². The number of fused-ring (bicyclic) bond motifs is 1. The van der Waals surface area contributed by atoms with E-state index in [2.05, 4.69) is 51.6 Å². The summed E-state index contributed by atoms with van der Waals surface area (Å²) in [6, 6.07) is 10.9. The summed E-state index contributed by atoms with van der Waals surface area (Å²) in [5.74, 6) is -0.643. The van der Waals surface area contributed by atoms with Crippen LogP contribution < -0.4 is 5.32 Å². The average molecular weight is 425 g/mol. The number of hydrogen-bond donors (Lipinski definition) is 1. The quantitative estimate of drug-likeness (QED) is 0.681. The van der Waals surface area contributed by atoms with Gasteiger partial charge in [0.25, 0.3) is 5.91 Å². The van der Waals surface area contributed by atoms with Gasteiger partial charge in [-0.2, -0.15) is 0 Å². The van der Waals surface area contributed by atoms with Crippen molar-refractivity contribution in [2.24, 2.45) is 0 Å². The Kier molecular flexibility index (Phi) is 6.08. The number of halogens is 2. The second-order valence-corrected chi connectivity index (χ2v) is 7.96. The molecule has 0 saturated heterocycles. The van der Waals surface area contributed by atoms with Crippen molar-refractivity contribution in [1.82, 2.24) is 25.0 Å². The first-order valence-electron chi connectivity index (χ1n) is 10.4. The van der Waals surface area contributed by atoms with Crippen LogP contribution in [0.5, 0.6) is 0 Å². The number of amides is 1. The number of nitrogens with zero attached hydrogens (tertiary/aromatic N) is 4. The van der Waals surface area contributed by atoms with E-state index in [0.717, 1.165) is 50.1 Å². The Balaban J connectivity index is 1.43. The van der Waals surface area contributed by atoms with Crippen LogP contribution in [0.25, 0.3) is 0 Å². The zero-order valence-corrected chi connectivity index (χ0v) is 17.6. The monoisotopic (exact) mass is 425 g/mol. The molecule has 0 spiro atoms. The lowest BCUT2D eigenvalue weighted by Crippen LogP contribution is -2.30. The highest BCUT2D eigenvalue weighted by Crippen LogP contribution is 2.18. The minimum Gasteiger partial charge on any atom is -0.342 e. The maximum absolute atomic E-state index is 13.9. The maximum Gasteiger partial charge on any atom is 0.254 e. The molecule has 162 valence electrons. The minimum atomic E-state index is -0.766. The largest absolute Gasteiger partial charge is 0.342 e. The van der Waals surface area contributed by atoms with Gasteiger partial charge in [0, 0.05) is 32.6 Å². The molecule has 0 radical (unpaired) electrons. The third-order valence-corrected chi connectivity index (χ3v) is 5.58. The van der Waals surface area contributed by atoms with Crippen molar-refractivity contribution in [1.29, 1.82) is 0 Å². The molecule has 2 heterocycles. The van der Waals surface area contributed by atoms with E-state index < -0.39 is 23.6 Å². The molecule has 6 nitrogen and oxygen atoms in total. The Labute approximate surface area is 179 Å². The maximum atomic E-state index is 13.9. The standard InChI is InChI=1S/C23H25F2N5O/c1-15-3-5-17(6-4-15)14-29-10-9-21-27-28-22(30(21)12-11-29)16(2)26-23(31)19-13-18(24)7-8-20(19)25/h3-8,13,16H,9-12,14H2,1-2H3,(H,26,31)/t16-/m1/s1. The Morgan fingerprint density at radius 3 is 2.65 bits per heavy atom. The summed E-state index contributed by atoms with van der Waals surface area (Å²) in [5, 5.41) is 11.3. The number of aromatic nitrogens is 3. The lowest BCUT2D eigenvalue weighted by atomic mass is 10.1. The molecule has 1 aliphatic heterocycles. The van der Waals surface area contributed by atoms with Crippen molar-refractivity contribution in [3.8, 4) is 0 Å². The smallest absolute Gasteiger partial charge is 0.254 e. The highest BCUT2D eigenvalue weighted by atomic mass is 19.1. The molecule has 0 aliphatic carbocycles. The van der Waals surface area contributed by atoms with Crippen LogP contribution in [-0.4, -0.2) is 38.7 Å². The van der Waals surface area contributed by atoms with E-state index in [4.69, 9.17) is 0 Å². The summed E-state index contributed by atoms with van der Waals surface area (Å²) in [5.41, 5.74) is 2.18. The molecule has 0 bridgehead atoms. The van der Waals surface area contributed by atoms with Gasteiger partial charge in [0.05, 0.1) is 11.6 Å². The van der Waals surface area contributed by atoms with Gasteiger partial charge in [0.2, 0.25) is 0 Å². The summed E-state index contributed by atoms with van der Waals surface area (Å²) in [6.07, 6.45) is 0.748. The summed E-state index contributed by atoms with van der Waals surface area (Å²) in [7, 11) is 0. The average Bonchev–Trinajstić information content (AvgIpc) is 3.06. The van der Waals surface area contributed by atoms with E-state index in [1.54, 1.807) is 6.92 Å². The van der Waals surface area contributed by atoms with Gasteiger partial charge in [0.15, 0.2) is 5.82 Å². The van der Waals surface area contributed by atoms with Crippen molar-refractivity contribution >= 4 is 5.91 Å². The highest BCUT2D eigenvalue weighted by molar-refractivity contribution is 5.94. The predicted molar refractivity (Wildman–Crippen MR) is 112 cm³/mol. The molecule has 2 aromatic carbocycles. The Hall–Kier alpha value is -3.13. The lowest BCUT2D eigenvalue weighted by molar-refractivity contribution is 0.0933. The first kappa shape index (κ1) is 21.1. The molecular weight excluding hydrogens is 400 g/mol. The van der Waals surface area contributed by atoms with Crippen LogP contribution in [0.2, 0.25) is 0 Å². The number of benzene rings is 2. The summed E-state index contributed by atoms with van der Waals surface area (Å²) in [6.45, 7) is 7.08. The van der Waals surface area contributed by atoms with Crippen LogP contribution >= 0.6 is 0 Å². The molecule has 3 aromatic rings. The molecule has 1 N–H and O–H groups in total. The third-order valence-electron chi connectivity index (χ3n) is 5.58. The Bertz CT molecular complexity index is 1080. The van der Waals surface area contributed by atoms with Gasteiger partial charge >= 0.3 is 0 Å². The van der Waals surface area contributed by atoms with E-state index >= 15 is 0 Å². The molecule has 31 heavy (non-hydrogen) atoms. The molecule has 0 unspecified atom stereocenters. The number of nitrogens with one attached hydrogen (secondary N) is 1. The molecule has 0 fully saturated rings. The van der Waals surface area contributed by atoms with Crippen molar-refractivity contribution in [3.05, 3.63) is 82.4 Å². The van der Waals surface area contributed by atoms with Crippen LogP contribution in [0, 0.1) is 18.6 Å². The van der Waals surface area contributed by atoms with Gasteiger partial charge in [-0.05, 0) is 37.6 Å². The second-order valence-electron chi connectivity index (χ2n) is 7.96. The Morgan fingerprint density at radius 2 is 1.87 bits per heavy atom. The fraction of sp³-hybridized carbons (Fsp3) is 0.348. The predicted octanol–water partition coefficient (Wildman–Crippen LogP) is 3.41. The van der Waals surface area contributed by atoms with Crippen LogP contribution in [0.1, 0.15) is 46.1 Å². The number of hydrogen-bond acceptors (Lipinski definition) is 4. The van der Waals surface area contributed by atoms with E-state index in [9.17, 15) is 13.6 Å². The van der Waals surface area contributed by atoms with Gasteiger partial charge in [-0.1, -0.05) is 29.8 Å². The van der Waals surface area contributed by atoms with E-state index in [1.165, 1.54) is 11.1 Å². The van der Waals surface area contributed by atoms with Crippen LogP contribution in [0.15, 0.2) is 42.5 Å². The topological polar surface area (TPSA) is 63.1 Å². The molecule has 1 aromatic heterocycles. The molecule has 0 saturated carbocycles. The Morgan fingerprint density at radius 1 is 1.10 bits per heavy atom. The van der Waals surface area contributed by atoms with Crippen molar-refractivity contribution in [3.63, 3.8) is 0 Å². The van der Waals surface area contributed by atoms with Gasteiger partial charge in [-0.25, -0.2) is 8.78 Å². The van der Waals surface area contributed by atoms with Crippen molar-refractivity contribution < 1.29 is 13.6 Å². The van der Waals surface area contributed by atoms with Gasteiger partial charge in [-0.3, -0.25) is 9.69 Å². The van der Waals surface area contributed by atoms with Crippen molar-refractivity contribution in [2.75, 3.05) is 13.1 Å². The third kappa shape index (κ3) is 4.80. The van der Waals surface area contributed by atoms with Gasteiger partial charge in [-0.15, -0.1) is 10.2 Å². The lowest BCUT2D eigenvalue weighted by Gasteiger charge is -2.20. The van der Waals surface area contributed by atoms with Gasteiger partial charge < -0.3 is 9.88 Å². The highest BCUT2D eigenvalue weighted by Gasteiger charge is 2.24. The van der Waals surface area contributed by atoms with Crippen LogP contribution in [0.3, 0.4) is 0 Å². The van der Waals surface area contributed by atoms with Crippen molar-refractivity contribution in [2.45, 2.75) is 39.4 Å². The summed E-state index contributed by atoms with van der Waals surface area (Å²) in [4.78, 5) is 14.8.